The lowest BCUT2D eigenvalue weighted by Gasteiger charge is -2.30. The molecule has 0 bridgehead atoms. The molecule has 0 radical (unpaired) electrons. The lowest BCUT2D eigenvalue weighted by Crippen LogP contribution is -2.16. The quantitative estimate of drug-likeness (QED) is 0.158. The van der Waals surface area contributed by atoms with E-state index < -0.39 is 0 Å². The van der Waals surface area contributed by atoms with E-state index in [1.807, 2.05) is 0 Å². The van der Waals surface area contributed by atoms with Crippen molar-refractivity contribution in [3.05, 3.63) is 223 Å². The van der Waals surface area contributed by atoms with Crippen LogP contribution >= 0.6 is 0 Å². The van der Waals surface area contributed by atoms with Crippen molar-refractivity contribution in [1.29, 1.82) is 0 Å². The maximum absolute atomic E-state index is 2.48. The summed E-state index contributed by atoms with van der Waals surface area (Å²) < 4.78 is 0. The smallest absolute Gasteiger partial charge is 0.0549 e. The van der Waals surface area contributed by atoms with Gasteiger partial charge in [-0.25, -0.2) is 0 Å². The first kappa shape index (κ1) is 34.6. The van der Waals surface area contributed by atoms with Crippen LogP contribution in [0.15, 0.2) is 212 Å². The van der Waals surface area contributed by atoms with Crippen molar-refractivity contribution < 1.29 is 0 Å². The van der Waals surface area contributed by atoms with Crippen LogP contribution in [-0.4, -0.2) is 0 Å². The van der Waals surface area contributed by atoms with Gasteiger partial charge in [-0.3, -0.25) is 0 Å². The molecule has 0 aliphatic heterocycles. The zero-order valence-corrected chi connectivity index (χ0v) is 33.7. The maximum Gasteiger partial charge on any atom is 0.0549 e. The Hall–Kier alpha value is -7.48. The van der Waals surface area contributed by atoms with Crippen molar-refractivity contribution in [2.24, 2.45) is 0 Å². The van der Waals surface area contributed by atoms with Crippen molar-refractivity contribution in [2.45, 2.75) is 19.3 Å². The lowest BCUT2D eigenvalue weighted by molar-refractivity contribution is 0.666. The van der Waals surface area contributed by atoms with E-state index in [1.54, 1.807) is 0 Å². The molecule has 1 aliphatic carbocycles. The highest BCUT2D eigenvalue weighted by Crippen LogP contribution is 2.57. The number of anilines is 3. The van der Waals surface area contributed by atoms with Gasteiger partial charge in [0.2, 0.25) is 0 Å². The number of nitrogens with zero attached hydrogens (tertiary/aromatic N) is 1. The van der Waals surface area contributed by atoms with Gasteiger partial charge in [0.05, 0.1) is 5.69 Å². The Labute approximate surface area is 350 Å². The molecule has 1 nitrogen and oxygen atoms in total. The number of hydrogen-bond acceptors (Lipinski definition) is 1. The third-order valence-electron chi connectivity index (χ3n) is 13.2. The van der Waals surface area contributed by atoms with E-state index in [2.05, 4.69) is 231 Å². The Balaban J connectivity index is 1.04. The van der Waals surface area contributed by atoms with E-state index in [0.29, 0.717) is 0 Å². The standard InChI is InChI=1S/C59H41N/c1-59(2)55-22-12-11-21-53(55)57-56(37-44-15-5-6-16-47(44)58(57)59)60(45-30-25-39(26-31-45)42-24-23-38-13-3-4-14-41(38)35-42)46-32-27-40(28-33-46)43-29-34-52-50-19-8-7-17-48(50)49-18-9-10-20-51(49)54(52)36-43/h3-37H,1-2H3. The van der Waals surface area contributed by atoms with Gasteiger partial charge in [-0.15, -0.1) is 0 Å². The van der Waals surface area contributed by atoms with Crippen molar-refractivity contribution in [2.75, 3.05) is 4.90 Å². The summed E-state index contributed by atoms with van der Waals surface area (Å²) in [6.07, 6.45) is 0. The normalized spacial score (nSPS) is 13.0. The van der Waals surface area contributed by atoms with E-state index in [9.17, 15) is 0 Å². The molecule has 0 spiro atoms. The van der Waals surface area contributed by atoms with Crippen molar-refractivity contribution >= 4 is 70.9 Å². The summed E-state index contributed by atoms with van der Waals surface area (Å²) in [7, 11) is 0. The zero-order chi connectivity index (χ0) is 40.0. The van der Waals surface area contributed by atoms with Crippen LogP contribution in [0.5, 0.6) is 0 Å². The minimum atomic E-state index is -0.164. The Morgan fingerprint density at radius 3 is 1.45 bits per heavy atom. The molecule has 0 saturated heterocycles. The SMILES string of the molecule is CC1(C)c2ccccc2-c2c(N(c3ccc(-c4ccc5ccccc5c4)cc3)c3ccc(-c4ccc5c6ccccc6c6ccccc6c5c4)cc3)cc3ccccc3c21. The summed E-state index contributed by atoms with van der Waals surface area (Å²) >= 11 is 0. The highest BCUT2D eigenvalue weighted by molar-refractivity contribution is 6.25. The molecular weight excluding hydrogens is 723 g/mol. The molecule has 0 N–H and O–H groups in total. The first-order valence-electron chi connectivity index (χ1n) is 21.0. The van der Waals surface area contributed by atoms with Crippen LogP contribution in [0.25, 0.3) is 87.2 Å². The summed E-state index contributed by atoms with van der Waals surface area (Å²) in [5.74, 6) is 0. The third-order valence-corrected chi connectivity index (χ3v) is 13.2. The molecule has 0 heterocycles. The van der Waals surface area contributed by atoms with Gasteiger partial charge in [0, 0.05) is 22.4 Å². The Bertz CT molecular complexity index is 3460. The fourth-order valence-electron chi connectivity index (χ4n) is 10.3. The molecule has 282 valence electrons. The van der Waals surface area contributed by atoms with Crippen LogP contribution in [0.4, 0.5) is 17.1 Å². The van der Waals surface area contributed by atoms with E-state index in [1.165, 1.54) is 104 Å². The van der Waals surface area contributed by atoms with E-state index in [0.717, 1.165) is 11.4 Å². The third kappa shape index (κ3) is 5.26. The number of fused-ring (bicyclic) bond motifs is 12. The molecule has 0 atom stereocenters. The van der Waals surface area contributed by atoms with Gasteiger partial charge >= 0.3 is 0 Å². The highest BCUT2D eigenvalue weighted by Gasteiger charge is 2.39. The van der Waals surface area contributed by atoms with Crippen molar-refractivity contribution in [3.63, 3.8) is 0 Å². The topological polar surface area (TPSA) is 3.24 Å². The average molecular weight is 764 g/mol. The van der Waals surface area contributed by atoms with Crippen LogP contribution in [-0.2, 0) is 5.41 Å². The first-order chi connectivity index (χ1) is 29.5. The summed E-state index contributed by atoms with van der Waals surface area (Å²) in [6, 6.07) is 78.7. The Morgan fingerprint density at radius 1 is 0.333 bits per heavy atom. The van der Waals surface area contributed by atoms with Crippen molar-refractivity contribution in [1.82, 2.24) is 0 Å². The summed E-state index contributed by atoms with van der Waals surface area (Å²) in [5, 5.41) is 12.8. The average Bonchev–Trinajstić information content (AvgIpc) is 3.56. The van der Waals surface area contributed by atoms with Crippen LogP contribution in [0, 0.1) is 0 Å². The van der Waals surface area contributed by atoms with Gasteiger partial charge in [-0.1, -0.05) is 184 Å². The van der Waals surface area contributed by atoms with Crippen LogP contribution in [0.3, 0.4) is 0 Å². The van der Waals surface area contributed by atoms with Gasteiger partial charge in [0.15, 0.2) is 0 Å². The fraction of sp³-hybridized carbons (Fsp3) is 0.0508. The molecule has 0 amide bonds. The minimum absolute atomic E-state index is 0.164. The predicted molar refractivity (Wildman–Crippen MR) is 257 cm³/mol. The molecule has 0 aromatic heterocycles. The van der Waals surface area contributed by atoms with Gasteiger partial charge in [-0.05, 0) is 135 Å². The zero-order valence-electron chi connectivity index (χ0n) is 33.7. The molecule has 0 unspecified atom stereocenters. The van der Waals surface area contributed by atoms with Gasteiger partial charge < -0.3 is 4.90 Å². The molecule has 11 aromatic carbocycles. The highest BCUT2D eigenvalue weighted by atomic mass is 15.1. The molecular formula is C59H41N. The van der Waals surface area contributed by atoms with Gasteiger partial charge in [-0.2, -0.15) is 0 Å². The minimum Gasteiger partial charge on any atom is -0.310 e. The van der Waals surface area contributed by atoms with Gasteiger partial charge in [0.25, 0.3) is 0 Å². The molecule has 12 rings (SSSR count). The predicted octanol–water partition coefficient (Wildman–Crippen LogP) is 16.6. The van der Waals surface area contributed by atoms with Crippen LogP contribution in [0.2, 0.25) is 0 Å². The van der Waals surface area contributed by atoms with Crippen LogP contribution < -0.4 is 4.90 Å². The fourth-order valence-corrected chi connectivity index (χ4v) is 10.3. The van der Waals surface area contributed by atoms with E-state index in [4.69, 9.17) is 0 Å². The molecule has 1 heteroatoms. The number of rotatable bonds is 5. The molecule has 1 aliphatic rings. The monoisotopic (exact) mass is 763 g/mol. The number of benzene rings is 11. The van der Waals surface area contributed by atoms with E-state index in [-0.39, 0.29) is 5.41 Å². The largest absolute Gasteiger partial charge is 0.310 e. The lowest BCUT2D eigenvalue weighted by atomic mass is 9.80. The summed E-state index contributed by atoms with van der Waals surface area (Å²) in [6.45, 7) is 4.78. The second-order valence-corrected chi connectivity index (χ2v) is 16.9. The van der Waals surface area contributed by atoms with Crippen LogP contribution in [0.1, 0.15) is 25.0 Å². The maximum atomic E-state index is 2.48. The van der Waals surface area contributed by atoms with Crippen molar-refractivity contribution in [3.8, 4) is 33.4 Å². The summed E-state index contributed by atoms with van der Waals surface area (Å²) in [4.78, 5) is 2.48. The van der Waals surface area contributed by atoms with E-state index >= 15 is 0 Å². The molecule has 0 fully saturated rings. The number of hydrogen-bond donors (Lipinski definition) is 0. The molecule has 60 heavy (non-hydrogen) atoms. The Morgan fingerprint density at radius 2 is 0.800 bits per heavy atom. The van der Waals surface area contributed by atoms with Gasteiger partial charge in [0.1, 0.15) is 0 Å². The Kier molecular flexibility index (Phi) is 7.65. The second-order valence-electron chi connectivity index (χ2n) is 16.9. The second kappa shape index (κ2) is 13.3. The summed E-state index contributed by atoms with van der Waals surface area (Å²) in [5.41, 5.74) is 13.5. The first-order valence-corrected chi connectivity index (χ1v) is 21.0. The molecule has 11 aromatic rings. The molecule has 0 saturated carbocycles.